The lowest BCUT2D eigenvalue weighted by Crippen LogP contribution is -2.45. The first kappa shape index (κ1) is 19.1. The van der Waals surface area contributed by atoms with Crippen LogP contribution in [0.25, 0.3) is 0 Å². The monoisotopic (exact) mass is 446 g/mol. The number of nitrogens with two attached hydrogens (primary N) is 1. The third kappa shape index (κ3) is 3.08. The number of nitrogens with zero attached hydrogens (tertiary/aromatic N) is 2. The van der Waals surface area contributed by atoms with Gasteiger partial charge in [0.05, 0.1) is 0 Å². The molecule has 4 atom stereocenters. The topological polar surface area (TPSA) is 143 Å². The van der Waals surface area contributed by atoms with Crippen LogP contribution in [0.4, 0.5) is 10.6 Å². The van der Waals surface area contributed by atoms with Crippen molar-refractivity contribution in [3.05, 3.63) is 22.3 Å². The van der Waals surface area contributed by atoms with Gasteiger partial charge in [-0.15, -0.1) is 0 Å². The van der Waals surface area contributed by atoms with E-state index in [-0.39, 0.29) is 6.42 Å². The van der Waals surface area contributed by atoms with Gasteiger partial charge < -0.3 is 16.2 Å². The lowest BCUT2D eigenvalue weighted by Gasteiger charge is -2.24. The van der Waals surface area contributed by atoms with Gasteiger partial charge in [0.25, 0.3) is 0 Å². The lowest BCUT2D eigenvalue weighted by molar-refractivity contribution is -0.120. The number of hydrogen-bond acceptors (Lipinski definition) is 6. The van der Waals surface area contributed by atoms with E-state index < -0.39 is 44.7 Å². The van der Waals surface area contributed by atoms with E-state index in [0.29, 0.717) is 22.4 Å². The number of amides is 2. The predicted octanol–water partition coefficient (Wildman–Crippen LogP) is 0.931. The third-order valence-electron chi connectivity index (χ3n) is 5.18. The standard InChI is InChI=1S/C15H19BrN4O5S/c1-7-3-4-10(16)18-11(7)19-12(21)8-5-15(13(17)26(2,24)25)6-9(15)20(8)14(22)23/h3-4,8-9,13H,5-6,17H2,1-2H3,(H,22,23)(H,18,19,21). The minimum absolute atomic E-state index is 0.0666. The molecule has 0 bridgehead atoms. The number of likely N-dealkylation sites (tertiary alicyclic amines) is 1. The zero-order chi connectivity index (χ0) is 19.4. The van der Waals surface area contributed by atoms with Gasteiger partial charge in [-0.1, -0.05) is 6.07 Å². The minimum Gasteiger partial charge on any atom is -0.465 e. The number of aromatic nitrogens is 1. The van der Waals surface area contributed by atoms with Gasteiger partial charge in [0.1, 0.15) is 21.8 Å². The lowest BCUT2D eigenvalue weighted by atomic mass is 9.99. The maximum absolute atomic E-state index is 12.7. The zero-order valence-corrected chi connectivity index (χ0v) is 16.5. The van der Waals surface area contributed by atoms with E-state index in [4.69, 9.17) is 5.73 Å². The summed E-state index contributed by atoms with van der Waals surface area (Å²) < 4.78 is 24.3. The first-order valence-electron chi connectivity index (χ1n) is 7.87. The van der Waals surface area contributed by atoms with E-state index in [0.717, 1.165) is 11.2 Å². The molecule has 4 unspecified atom stereocenters. The maximum atomic E-state index is 12.7. The Bertz CT molecular complexity index is 892. The summed E-state index contributed by atoms with van der Waals surface area (Å²) in [4.78, 5) is 29.6. The number of sulfone groups is 1. The van der Waals surface area contributed by atoms with E-state index in [1.54, 1.807) is 19.1 Å². The SMILES string of the molecule is Cc1ccc(Br)nc1NC(=O)C1CC2(C(N)S(C)(=O)=O)CC2N1C(=O)O. The fourth-order valence-electron chi connectivity index (χ4n) is 3.74. The molecule has 2 fully saturated rings. The Kier molecular flexibility index (Phi) is 4.52. The fourth-order valence-corrected chi connectivity index (χ4v) is 5.25. The summed E-state index contributed by atoms with van der Waals surface area (Å²) in [6.07, 6.45) is 0.159. The van der Waals surface area contributed by atoms with E-state index >= 15 is 0 Å². The number of aryl methyl sites for hydroxylation is 1. The molecule has 1 aliphatic carbocycles. The first-order chi connectivity index (χ1) is 12.0. The normalized spacial score (nSPS) is 28.4. The molecular weight excluding hydrogens is 428 g/mol. The highest BCUT2D eigenvalue weighted by molar-refractivity contribution is 9.10. The number of anilines is 1. The molecular formula is C15H19BrN4O5S. The summed E-state index contributed by atoms with van der Waals surface area (Å²) in [5.74, 6) is -0.231. The van der Waals surface area contributed by atoms with Crippen molar-refractivity contribution in [2.45, 2.75) is 37.2 Å². The molecule has 0 radical (unpaired) electrons. The van der Waals surface area contributed by atoms with Crippen LogP contribution >= 0.6 is 15.9 Å². The van der Waals surface area contributed by atoms with Crippen molar-refractivity contribution < 1.29 is 23.1 Å². The Morgan fingerprint density at radius 3 is 2.69 bits per heavy atom. The smallest absolute Gasteiger partial charge is 0.408 e. The fraction of sp³-hybridized carbons (Fsp3) is 0.533. The number of hydrogen-bond donors (Lipinski definition) is 3. The molecule has 2 aliphatic rings. The van der Waals surface area contributed by atoms with Crippen LogP contribution in [0.15, 0.2) is 16.7 Å². The molecule has 4 N–H and O–H groups in total. The highest BCUT2D eigenvalue weighted by Gasteiger charge is 2.71. The number of pyridine rings is 1. The number of halogens is 1. The first-order valence-corrected chi connectivity index (χ1v) is 10.6. The Hall–Kier alpha value is -1.72. The average molecular weight is 447 g/mol. The summed E-state index contributed by atoms with van der Waals surface area (Å²) in [6, 6.07) is 1.89. The second-order valence-corrected chi connectivity index (χ2v) is 9.88. The molecule has 1 saturated heterocycles. The van der Waals surface area contributed by atoms with Crippen molar-refractivity contribution >= 4 is 43.6 Å². The number of carbonyl (C=O) groups is 2. The van der Waals surface area contributed by atoms with Crippen molar-refractivity contribution in [1.29, 1.82) is 0 Å². The Balaban J connectivity index is 1.86. The molecule has 1 aromatic heterocycles. The molecule has 11 heteroatoms. The van der Waals surface area contributed by atoms with Crippen molar-refractivity contribution in [3.8, 4) is 0 Å². The molecule has 3 rings (SSSR count). The van der Waals surface area contributed by atoms with E-state index in [1.807, 2.05) is 0 Å². The molecule has 0 spiro atoms. The van der Waals surface area contributed by atoms with Crippen LogP contribution in [0, 0.1) is 12.3 Å². The molecule has 1 aromatic rings. The van der Waals surface area contributed by atoms with Crippen molar-refractivity contribution in [2.75, 3.05) is 11.6 Å². The summed E-state index contributed by atoms with van der Waals surface area (Å²) in [7, 11) is -3.56. The average Bonchev–Trinajstić information content (AvgIpc) is 3.14. The maximum Gasteiger partial charge on any atom is 0.408 e. The number of rotatable bonds is 4. The summed E-state index contributed by atoms with van der Waals surface area (Å²) >= 11 is 3.22. The highest BCUT2D eigenvalue weighted by atomic mass is 79.9. The largest absolute Gasteiger partial charge is 0.465 e. The molecule has 1 saturated carbocycles. The van der Waals surface area contributed by atoms with Gasteiger partial charge in [0.2, 0.25) is 5.91 Å². The van der Waals surface area contributed by atoms with Gasteiger partial charge in [-0.05, 0) is 47.3 Å². The van der Waals surface area contributed by atoms with Gasteiger partial charge in [-0.2, -0.15) is 0 Å². The molecule has 1 aliphatic heterocycles. The summed E-state index contributed by atoms with van der Waals surface area (Å²) in [6.45, 7) is 1.76. The molecule has 9 nitrogen and oxygen atoms in total. The van der Waals surface area contributed by atoms with Crippen molar-refractivity contribution in [2.24, 2.45) is 11.1 Å². The highest BCUT2D eigenvalue weighted by Crippen LogP contribution is 2.62. The molecule has 2 amide bonds. The summed E-state index contributed by atoms with van der Waals surface area (Å²) in [5.41, 5.74) is 5.70. The van der Waals surface area contributed by atoms with Gasteiger partial charge in [0.15, 0.2) is 9.84 Å². The molecule has 142 valence electrons. The molecule has 0 aromatic carbocycles. The Morgan fingerprint density at radius 2 is 2.12 bits per heavy atom. The number of piperidine rings is 1. The minimum atomic E-state index is -3.56. The predicted molar refractivity (Wildman–Crippen MR) is 97.2 cm³/mol. The summed E-state index contributed by atoms with van der Waals surface area (Å²) in [5, 5.41) is 11.0. The van der Waals surface area contributed by atoms with E-state index in [2.05, 4.69) is 26.2 Å². The molecule has 26 heavy (non-hydrogen) atoms. The third-order valence-corrected chi connectivity index (χ3v) is 7.01. The van der Waals surface area contributed by atoms with Crippen molar-refractivity contribution in [3.63, 3.8) is 0 Å². The van der Waals surface area contributed by atoms with Crippen LogP contribution in [0.3, 0.4) is 0 Å². The molecule has 2 heterocycles. The van der Waals surface area contributed by atoms with E-state index in [1.165, 1.54) is 0 Å². The zero-order valence-electron chi connectivity index (χ0n) is 14.1. The van der Waals surface area contributed by atoms with Gasteiger partial charge in [0, 0.05) is 17.7 Å². The van der Waals surface area contributed by atoms with Gasteiger partial charge in [-0.3, -0.25) is 9.69 Å². The van der Waals surface area contributed by atoms with Gasteiger partial charge in [-0.25, -0.2) is 18.2 Å². The number of carbonyl (C=O) groups excluding carboxylic acids is 1. The van der Waals surface area contributed by atoms with Crippen LogP contribution in [0.1, 0.15) is 18.4 Å². The van der Waals surface area contributed by atoms with E-state index in [9.17, 15) is 23.1 Å². The van der Waals surface area contributed by atoms with Crippen LogP contribution in [0.2, 0.25) is 0 Å². The van der Waals surface area contributed by atoms with Gasteiger partial charge >= 0.3 is 6.09 Å². The van der Waals surface area contributed by atoms with Crippen LogP contribution in [-0.4, -0.2) is 59.1 Å². The second kappa shape index (κ2) is 6.17. The Labute approximate surface area is 159 Å². The van der Waals surface area contributed by atoms with Crippen molar-refractivity contribution in [1.82, 2.24) is 9.88 Å². The Morgan fingerprint density at radius 1 is 1.46 bits per heavy atom. The number of fused-ring (bicyclic) bond motifs is 1. The van der Waals surface area contributed by atoms with Crippen LogP contribution in [0.5, 0.6) is 0 Å². The van der Waals surface area contributed by atoms with Crippen LogP contribution < -0.4 is 11.1 Å². The second-order valence-electron chi connectivity index (χ2n) is 6.90. The number of nitrogens with one attached hydrogen (secondary N) is 1. The number of carboxylic acid groups (broad SMARTS) is 1. The quantitative estimate of drug-likeness (QED) is 0.583. The van der Waals surface area contributed by atoms with Crippen LogP contribution in [-0.2, 0) is 14.6 Å².